The Bertz CT molecular complexity index is 1040. The summed E-state index contributed by atoms with van der Waals surface area (Å²) in [5.41, 5.74) is 18.8. The molecule has 12 heteroatoms. The van der Waals surface area contributed by atoms with Crippen molar-refractivity contribution in [2.24, 2.45) is 17.2 Å². The van der Waals surface area contributed by atoms with Crippen molar-refractivity contribution >= 4 is 34.6 Å². The highest BCUT2D eigenvalue weighted by atomic mass is 16.4. The number of amides is 3. The molecule has 0 aliphatic carbocycles. The second-order valence-corrected chi connectivity index (χ2v) is 8.97. The van der Waals surface area contributed by atoms with E-state index in [0.29, 0.717) is 38.8 Å². The molecule has 0 saturated carbocycles. The molecule has 3 atom stereocenters. The van der Waals surface area contributed by atoms with Crippen LogP contribution in [0.3, 0.4) is 0 Å². The molecule has 0 spiro atoms. The summed E-state index contributed by atoms with van der Waals surface area (Å²) >= 11 is 0. The lowest BCUT2D eigenvalue weighted by Crippen LogP contribution is -2.56. The second kappa shape index (κ2) is 15.6. The van der Waals surface area contributed by atoms with Crippen LogP contribution in [0.25, 0.3) is 10.9 Å². The Morgan fingerprint density at radius 2 is 1.51 bits per heavy atom. The molecule has 12 nitrogen and oxygen atoms in total. The number of fused-ring (bicyclic) bond motifs is 1. The Morgan fingerprint density at radius 3 is 2.19 bits per heavy atom. The number of aliphatic carboxylic acids is 1. The molecule has 11 N–H and O–H groups in total. The molecule has 1 aromatic carbocycles. The minimum absolute atomic E-state index is 0.156. The summed E-state index contributed by atoms with van der Waals surface area (Å²) in [7, 11) is 0. The van der Waals surface area contributed by atoms with Gasteiger partial charge in [-0.15, -0.1) is 0 Å². The molecule has 2 aromatic rings. The van der Waals surface area contributed by atoms with E-state index in [0.717, 1.165) is 22.9 Å². The van der Waals surface area contributed by atoms with Crippen LogP contribution in [0.15, 0.2) is 30.5 Å². The molecule has 0 fully saturated rings. The van der Waals surface area contributed by atoms with Crippen LogP contribution < -0.4 is 33.2 Å². The van der Waals surface area contributed by atoms with E-state index in [4.69, 9.17) is 22.3 Å². The minimum atomic E-state index is -1.20. The number of rotatable bonds is 17. The molecule has 0 bridgehead atoms. The number of hydrogen-bond acceptors (Lipinski definition) is 7. The zero-order valence-electron chi connectivity index (χ0n) is 21.0. The maximum Gasteiger partial charge on any atom is 0.322 e. The maximum atomic E-state index is 13.4. The Hall–Kier alpha value is -3.48. The van der Waals surface area contributed by atoms with Gasteiger partial charge in [0.2, 0.25) is 17.7 Å². The monoisotopic (exact) mass is 517 g/mol. The third kappa shape index (κ3) is 9.83. The number of nitrogens with two attached hydrogens (primary N) is 3. The lowest BCUT2D eigenvalue weighted by atomic mass is 10.0. The van der Waals surface area contributed by atoms with Crippen molar-refractivity contribution < 1.29 is 24.3 Å². The highest BCUT2D eigenvalue weighted by Crippen LogP contribution is 2.19. The minimum Gasteiger partial charge on any atom is -0.480 e. The Labute approximate surface area is 216 Å². The van der Waals surface area contributed by atoms with E-state index in [9.17, 15) is 19.2 Å². The smallest absolute Gasteiger partial charge is 0.322 e. The van der Waals surface area contributed by atoms with E-state index in [1.807, 2.05) is 24.3 Å². The first-order chi connectivity index (χ1) is 17.8. The van der Waals surface area contributed by atoms with Gasteiger partial charge >= 0.3 is 5.97 Å². The van der Waals surface area contributed by atoms with Gasteiger partial charge in [0.1, 0.15) is 18.6 Å². The molecular formula is C25H39N7O5. The van der Waals surface area contributed by atoms with Crippen LogP contribution in [0.5, 0.6) is 0 Å². The fraction of sp³-hybridized carbons (Fsp3) is 0.520. The van der Waals surface area contributed by atoms with Crippen LogP contribution in [0.2, 0.25) is 0 Å². The molecule has 204 valence electrons. The van der Waals surface area contributed by atoms with Gasteiger partial charge in [0.05, 0.1) is 6.04 Å². The van der Waals surface area contributed by atoms with Gasteiger partial charge < -0.3 is 43.2 Å². The van der Waals surface area contributed by atoms with Gasteiger partial charge in [-0.2, -0.15) is 0 Å². The summed E-state index contributed by atoms with van der Waals surface area (Å²) in [5, 5.41) is 17.5. The summed E-state index contributed by atoms with van der Waals surface area (Å²) in [6.07, 6.45) is 5.21. The van der Waals surface area contributed by atoms with E-state index >= 15 is 0 Å². The number of carbonyl (C=O) groups is 4. The highest BCUT2D eigenvalue weighted by molar-refractivity contribution is 5.94. The average Bonchev–Trinajstić information content (AvgIpc) is 3.29. The summed E-state index contributed by atoms with van der Waals surface area (Å²) in [6, 6.07) is 4.75. The van der Waals surface area contributed by atoms with Crippen LogP contribution in [0, 0.1) is 0 Å². The topological polar surface area (TPSA) is 218 Å². The summed E-state index contributed by atoms with van der Waals surface area (Å²) in [5.74, 6) is -2.88. The van der Waals surface area contributed by atoms with Gasteiger partial charge in [-0.05, 0) is 56.8 Å². The number of carboxylic acids is 1. The van der Waals surface area contributed by atoms with Crippen molar-refractivity contribution in [3.63, 3.8) is 0 Å². The maximum absolute atomic E-state index is 13.4. The number of aromatic nitrogens is 1. The van der Waals surface area contributed by atoms with Crippen molar-refractivity contribution in [3.05, 3.63) is 36.0 Å². The highest BCUT2D eigenvalue weighted by Gasteiger charge is 2.29. The van der Waals surface area contributed by atoms with Crippen molar-refractivity contribution in [2.45, 2.75) is 63.1 Å². The molecule has 0 aliphatic rings. The molecule has 0 radical (unpaired) electrons. The summed E-state index contributed by atoms with van der Waals surface area (Å²) in [6.45, 7) is 0.337. The standard InChI is InChI=1S/C25H39N7O5/c26-11-5-3-8-18(28)23(35)32-21(13-16-14-29-19-9-2-1-7-17(16)19)25(37)31-20(10-4-6-12-27)24(36)30-15-22(33)34/h1-2,7,9,14,18,20-21,29H,3-6,8,10-13,15,26-28H2,(H,30,36)(H,31,37)(H,32,35)(H,33,34). The number of aromatic amines is 1. The second-order valence-electron chi connectivity index (χ2n) is 8.97. The van der Waals surface area contributed by atoms with Crippen LogP contribution in [-0.2, 0) is 25.6 Å². The van der Waals surface area contributed by atoms with Gasteiger partial charge in [0, 0.05) is 23.5 Å². The van der Waals surface area contributed by atoms with Crippen molar-refractivity contribution in [1.82, 2.24) is 20.9 Å². The van der Waals surface area contributed by atoms with Crippen LogP contribution >= 0.6 is 0 Å². The van der Waals surface area contributed by atoms with Gasteiger partial charge in [0.25, 0.3) is 0 Å². The molecule has 0 saturated heterocycles. The quantitative estimate of drug-likeness (QED) is 0.127. The number of benzene rings is 1. The number of carboxylic acid groups (broad SMARTS) is 1. The van der Waals surface area contributed by atoms with Gasteiger partial charge in [-0.25, -0.2) is 0 Å². The van der Waals surface area contributed by atoms with E-state index < -0.39 is 48.4 Å². The van der Waals surface area contributed by atoms with Crippen LogP contribution in [0.4, 0.5) is 0 Å². The van der Waals surface area contributed by atoms with Gasteiger partial charge in [-0.1, -0.05) is 24.6 Å². The third-order valence-corrected chi connectivity index (χ3v) is 6.03. The first-order valence-electron chi connectivity index (χ1n) is 12.6. The van der Waals surface area contributed by atoms with Crippen molar-refractivity contribution in [1.29, 1.82) is 0 Å². The Kier molecular flexibility index (Phi) is 12.5. The zero-order chi connectivity index (χ0) is 27.2. The molecule has 37 heavy (non-hydrogen) atoms. The third-order valence-electron chi connectivity index (χ3n) is 6.03. The number of carbonyl (C=O) groups excluding carboxylic acids is 3. The predicted octanol–water partition coefficient (Wildman–Crippen LogP) is -0.534. The molecule has 3 amide bonds. The first-order valence-corrected chi connectivity index (χ1v) is 12.6. The van der Waals surface area contributed by atoms with Crippen LogP contribution in [-0.4, -0.2) is 71.5 Å². The van der Waals surface area contributed by atoms with Gasteiger partial charge in [0.15, 0.2) is 0 Å². The van der Waals surface area contributed by atoms with E-state index in [1.54, 1.807) is 6.20 Å². The molecule has 2 rings (SSSR count). The normalized spacial score (nSPS) is 13.5. The van der Waals surface area contributed by atoms with E-state index in [2.05, 4.69) is 20.9 Å². The van der Waals surface area contributed by atoms with Crippen molar-refractivity contribution in [3.8, 4) is 0 Å². The molecular weight excluding hydrogens is 478 g/mol. The first kappa shape index (κ1) is 29.7. The molecule has 3 unspecified atom stereocenters. The summed E-state index contributed by atoms with van der Waals surface area (Å²) < 4.78 is 0. The SMILES string of the molecule is NCCCCC(N)C(=O)NC(Cc1c[nH]c2ccccc12)C(=O)NC(CCCCN)C(=O)NCC(=O)O. The largest absolute Gasteiger partial charge is 0.480 e. The predicted molar refractivity (Wildman–Crippen MR) is 140 cm³/mol. The van der Waals surface area contributed by atoms with E-state index in [1.165, 1.54) is 0 Å². The fourth-order valence-electron chi connectivity index (χ4n) is 3.97. The molecule has 0 aliphatic heterocycles. The van der Waals surface area contributed by atoms with E-state index in [-0.39, 0.29) is 12.8 Å². The zero-order valence-corrected chi connectivity index (χ0v) is 21.0. The fourth-order valence-corrected chi connectivity index (χ4v) is 3.97. The molecule has 1 aromatic heterocycles. The van der Waals surface area contributed by atoms with Crippen LogP contribution in [0.1, 0.15) is 44.1 Å². The lowest BCUT2D eigenvalue weighted by molar-refractivity contribution is -0.138. The Balaban J connectivity index is 2.22. The van der Waals surface area contributed by atoms with Gasteiger partial charge in [-0.3, -0.25) is 19.2 Å². The number of hydrogen-bond donors (Lipinski definition) is 8. The Morgan fingerprint density at radius 1 is 0.865 bits per heavy atom. The summed E-state index contributed by atoms with van der Waals surface area (Å²) in [4.78, 5) is 52.9. The average molecular weight is 518 g/mol. The van der Waals surface area contributed by atoms with Crippen molar-refractivity contribution in [2.75, 3.05) is 19.6 Å². The number of para-hydroxylation sites is 1. The lowest BCUT2D eigenvalue weighted by Gasteiger charge is -2.24. The number of H-pyrrole nitrogens is 1. The number of unbranched alkanes of at least 4 members (excludes halogenated alkanes) is 2. The molecule has 1 heterocycles. The number of nitrogens with one attached hydrogen (secondary N) is 4.